The van der Waals surface area contributed by atoms with E-state index in [1.54, 1.807) is 0 Å². The number of benzene rings is 2. The number of carboxylic acids is 2. The van der Waals surface area contributed by atoms with Crippen LogP contribution in [0.2, 0.25) is 10.0 Å². The zero-order valence-electron chi connectivity index (χ0n) is 33.9. The van der Waals surface area contributed by atoms with Crippen molar-refractivity contribution < 1.29 is 30.0 Å². The van der Waals surface area contributed by atoms with Gasteiger partial charge in [-0.2, -0.15) is 0 Å². The van der Waals surface area contributed by atoms with Gasteiger partial charge in [-0.1, -0.05) is 96.5 Å². The van der Waals surface area contributed by atoms with Crippen molar-refractivity contribution >= 4 is 40.7 Å². The summed E-state index contributed by atoms with van der Waals surface area (Å²) in [4.78, 5) is 23.9. The van der Waals surface area contributed by atoms with E-state index >= 15 is 0 Å². The predicted molar refractivity (Wildman–Crippen MR) is 222 cm³/mol. The zero-order chi connectivity index (χ0) is 40.0. The Morgan fingerprint density at radius 3 is 1.89 bits per heavy atom. The van der Waals surface area contributed by atoms with Gasteiger partial charge in [0.25, 0.3) is 0 Å². The maximum Gasteiger partial charge on any atom is 0.339 e. The number of aromatic carboxylic acids is 2. The molecule has 0 aliphatic heterocycles. The number of fused-ring (bicyclic) bond motifs is 5. The summed E-state index contributed by atoms with van der Waals surface area (Å²) in [6.45, 7) is 15.4. The molecular weight excluding hydrogens is 731 g/mol. The van der Waals surface area contributed by atoms with E-state index in [1.807, 2.05) is 6.08 Å². The number of carbonyl (C=O) groups is 2. The normalized spacial score (nSPS) is 32.0. The van der Waals surface area contributed by atoms with Gasteiger partial charge in [0.2, 0.25) is 0 Å². The lowest BCUT2D eigenvalue weighted by atomic mass is 9.39. The Morgan fingerprint density at radius 1 is 0.745 bits per heavy atom. The lowest BCUT2D eigenvalue weighted by Gasteiger charge is -2.66. The minimum atomic E-state index is -1.33. The quantitative estimate of drug-likeness (QED) is 0.150. The molecular formula is C47H64Cl2O6. The number of rotatable bonds is 13. The van der Waals surface area contributed by atoms with E-state index in [1.165, 1.54) is 101 Å². The number of carboxylic acid groups (broad SMARTS) is 2. The van der Waals surface area contributed by atoms with Crippen LogP contribution < -0.4 is 0 Å². The van der Waals surface area contributed by atoms with Crippen LogP contribution in [0.1, 0.15) is 170 Å². The second-order valence-electron chi connectivity index (χ2n) is 19.4. The Balaban J connectivity index is 1.14. The Morgan fingerprint density at radius 2 is 1.31 bits per heavy atom. The number of phenols is 2. The molecule has 4 aliphatic carbocycles. The van der Waals surface area contributed by atoms with E-state index in [0.29, 0.717) is 45.3 Å². The van der Waals surface area contributed by atoms with Gasteiger partial charge in [-0.25, -0.2) is 9.59 Å². The van der Waals surface area contributed by atoms with Crippen LogP contribution in [0.5, 0.6) is 11.5 Å². The average Bonchev–Trinajstić information content (AvgIpc) is 3.48. The van der Waals surface area contributed by atoms with Crippen molar-refractivity contribution in [1.82, 2.24) is 0 Å². The fourth-order valence-electron chi connectivity index (χ4n) is 13.2. The number of unbranched alkanes of at least 4 members (excludes halogenated alkanes) is 1. The molecule has 2 aromatic rings. The monoisotopic (exact) mass is 794 g/mol. The second-order valence-corrected chi connectivity index (χ2v) is 20.2. The molecule has 302 valence electrons. The first kappa shape index (κ1) is 41.9. The van der Waals surface area contributed by atoms with Gasteiger partial charge in [0.05, 0.1) is 10.0 Å². The molecule has 4 aliphatic rings. The lowest BCUT2D eigenvalue weighted by Crippen LogP contribution is -2.58. The molecule has 0 heterocycles. The van der Waals surface area contributed by atoms with Crippen molar-refractivity contribution in [2.75, 3.05) is 0 Å². The number of aromatic hydroxyl groups is 2. The van der Waals surface area contributed by atoms with Crippen LogP contribution in [0, 0.1) is 57.7 Å². The minimum absolute atomic E-state index is 0.125. The lowest BCUT2D eigenvalue weighted by molar-refractivity contribution is -0.172. The van der Waals surface area contributed by atoms with E-state index in [-0.39, 0.29) is 21.2 Å². The summed E-state index contributed by atoms with van der Waals surface area (Å²) in [6, 6.07) is 5.62. The van der Waals surface area contributed by atoms with E-state index < -0.39 is 23.4 Å². The number of allylic oxidation sites excluding steroid dienone is 1. The molecule has 0 saturated heterocycles. The van der Waals surface area contributed by atoms with Gasteiger partial charge >= 0.3 is 11.9 Å². The van der Waals surface area contributed by atoms with Gasteiger partial charge in [-0.15, -0.1) is 0 Å². The van der Waals surface area contributed by atoms with Crippen molar-refractivity contribution in [1.29, 1.82) is 0 Å². The summed E-state index contributed by atoms with van der Waals surface area (Å²) in [5.74, 6) is 1.82. The molecule has 2 aromatic carbocycles. The molecule has 0 aromatic heterocycles. The smallest absolute Gasteiger partial charge is 0.339 e. The van der Waals surface area contributed by atoms with Crippen LogP contribution in [0.25, 0.3) is 5.57 Å². The van der Waals surface area contributed by atoms with Crippen molar-refractivity contribution in [2.45, 2.75) is 138 Å². The molecule has 6 rings (SSSR count). The molecule has 8 heteroatoms. The van der Waals surface area contributed by atoms with Crippen LogP contribution in [-0.2, 0) is 0 Å². The van der Waals surface area contributed by atoms with Crippen LogP contribution in [0.15, 0.2) is 30.3 Å². The summed E-state index contributed by atoms with van der Waals surface area (Å²) in [6.07, 6.45) is 20.9. The third-order valence-corrected chi connectivity index (χ3v) is 16.5. The SMILES string of the molecule is CC(C)CCC[C@@H](C)[C@H]1CC[C@H]2[C@]3(C)CC[C@H]4C[C@@H](CCCC=C(c5cc(Cl)c(O)c(C(=O)O)c5)c5cc(Cl)c(O)c(C(=O)O)c5)CC[C@]4(C)[C@H]3CC[C@@]21C. The van der Waals surface area contributed by atoms with Gasteiger partial charge < -0.3 is 20.4 Å². The maximum absolute atomic E-state index is 12.0. The van der Waals surface area contributed by atoms with Crippen molar-refractivity contribution in [3.63, 3.8) is 0 Å². The molecule has 9 atom stereocenters. The highest BCUT2D eigenvalue weighted by Gasteiger charge is 2.65. The van der Waals surface area contributed by atoms with Gasteiger partial charge in [0, 0.05) is 0 Å². The van der Waals surface area contributed by atoms with Crippen LogP contribution in [0.3, 0.4) is 0 Å². The number of halogens is 2. The highest BCUT2D eigenvalue weighted by Crippen LogP contribution is 2.73. The van der Waals surface area contributed by atoms with E-state index in [4.69, 9.17) is 23.2 Å². The first-order valence-corrected chi connectivity index (χ1v) is 21.9. The van der Waals surface area contributed by atoms with E-state index in [2.05, 4.69) is 41.5 Å². The average molecular weight is 796 g/mol. The van der Waals surface area contributed by atoms with Gasteiger partial charge in [-0.3, -0.25) is 0 Å². The zero-order valence-corrected chi connectivity index (χ0v) is 35.4. The first-order chi connectivity index (χ1) is 25.9. The molecule has 55 heavy (non-hydrogen) atoms. The van der Waals surface area contributed by atoms with Crippen molar-refractivity contribution in [3.8, 4) is 11.5 Å². The third-order valence-electron chi connectivity index (χ3n) is 15.9. The molecule has 4 N–H and O–H groups in total. The summed E-state index contributed by atoms with van der Waals surface area (Å²) < 4.78 is 0. The standard InChI is InChI=1S/C47H64Cl2O6/c1-27(2)10-9-11-28(3)36-14-15-39-46(36,5)21-18-40-45(4)19-16-29(22-32(45)17-20-47(39,40)6)12-7-8-13-33(30-23-34(43(52)53)41(50)37(48)25-30)31-24-35(44(54)55)42(51)38(49)26-31/h13,23-29,32,36,39-40,50-51H,7-12,14-22H2,1-6H3,(H,52,53)(H,54,55)/t28-,29+,32+,36-,39-,40-,45+,46-,47+/m1/s1. The van der Waals surface area contributed by atoms with E-state index in [0.717, 1.165) is 48.3 Å². The fourth-order valence-corrected chi connectivity index (χ4v) is 13.6. The Bertz CT molecular complexity index is 1730. The Hall–Kier alpha value is -2.70. The maximum atomic E-state index is 12.0. The topological polar surface area (TPSA) is 115 Å². The summed E-state index contributed by atoms with van der Waals surface area (Å²) in [7, 11) is 0. The van der Waals surface area contributed by atoms with Crippen LogP contribution >= 0.6 is 23.2 Å². The van der Waals surface area contributed by atoms with Gasteiger partial charge in [-0.05, 0) is 169 Å². The van der Waals surface area contributed by atoms with Gasteiger partial charge in [0.1, 0.15) is 22.6 Å². The molecule has 0 unspecified atom stereocenters. The highest BCUT2D eigenvalue weighted by atomic mass is 35.5. The largest absolute Gasteiger partial charge is 0.505 e. The van der Waals surface area contributed by atoms with Crippen LogP contribution in [-0.4, -0.2) is 32.4 Å². The summed E-state index contributed by atoms with van der Waals surface area (Å²) >= 11 is 12.6. The van der Waals surface area contributed by atoms with Crippen LogP contribution in [0.4, 0.5) is 0 Å². The molecule has 6 nitrogen and oxygen atoms in total. The molecule has 4 fully saturated rings. The fraction of sp³-hybridized carbons (Fsp3) is 0.660. The number of hydrogen-bond acceptors (Lipinski definition) is 4. The molecule has 0 spiro atoms. The summed E-state index contributed by atoms with van der Waals surface area (Å²) in [5.41, 5.74) is 1.98. The molecule has 0 radical (unpaired) electrons. The molecule has 4 saturated carbocycles. The Labute approximate surface area is 339 Å². The summed E-state index contributed by atoms with van der Waals surface area (Å²) in [5, 5.41) is 39.9. The predicted octanol–water partition coefficient (Wildman–Crippen LogP) is 13.5. The van der Waals surface area contributed by atoms with Crippen molar-refractivity contribution in [2.24, 2.45) is 57.7 Å². The second kappa shape index (κ2) is 16.3. The van der Waals surface area contributed by atoms with Crippen molar-refractivity contribution in [3.05, 3.63) is 62.6 Å². The third kappa shape index (κ3) is 7.94. The molecule has 0 amide bonds. The first-order valence-electron chi connectivity index (χ1n) is 21.1. The minimum Gasteiger partial charge on any atom is -0.505 e. The molecule has 0 bridgehead atoms. The highest BCUT2D eigenvalue weighted by molar-refractivity contribution is 6.33. The Kier molecular flexibility index (Phi) is 12.4. The van der Waals surface area contributed by atoms with E-state index in [9.17, 15) is 30.0 Å². The number of hydrogen-bond donors (Lipinski definition) is 4. The van der Waals surface area contributed by atoms with Gasteiger partial charge in [0.15, 0.2) is 0 Å².